The Kier molecular flexibility index (Phi) is 8.12. The van der Waals surface area contributed by atoms with E-state index < -0.39 is 9.84 Å². The molecule has 6 nitrogen and oxygen atoms in total. The van der Waals surface area contributed by atoms with Crippen LogP contribution in [0, 0.1) is 18.3 Å². The molecule has 1 aromatic heterocycles. The Balaban J connectivity index is 1.82. The average Bonchev–Trinajstić information content (AvgIpc) is 3.33. The van der Waals surface area contributed by atoms with Gasteiger partial charge in [0.15, 0.2) is 0 Å². The van der Waals surface area contributed by atoms with Crippen LogP contribution >= 0.6 is 11.6 Å². The Bertz CT molecular complexity index is 1570. The van der Waals surface area contributed by atoms with Crippen molar-refractivity contribution >= 4 is 27.5 Å². The molecule has 4 rings (SSSR count). The summed E-state index contributed by atoms with van der Waals surface area (Å²) in [6, 6.07) is 23.0. The van der Waals surface area contributed by atoms with Crippen molar-refractivity contribution in [1.29, 1.82) is 5.26 Å². The molecule has 0 N–H and O–H groups in total. The van der Waals surface area contributed by atoms with Crippen LogP contribution < -0.4 is 4.74 Å². The molecule has 0 spiro atoms. The summed E-state index contributed by atoms with van der Waals surface area (Å²) < 4.78 is 34.0. The Morgan fingerprint density at radius 1 is 1.11 bits per heavy atom. The van der Waals surface area contributed by atoms with E-state index in [1.54, 1.807) is 35.1 Å². The van der Waals surface area contributed by atoms with Gasteiger partial charge in [0.25, 0.3) is 0 Å². The maximum Gasteiger partial charge on any atom is 0.216 e. The zero-order valence-electron chi connectivity index (χ0n) is 20.6. The molecule has 0 radical (unpaired) electrons. The van der Waals surface area contributed by atoms with Crippen LogP contribution in [0.15, 0.2) is 88.8 Å². The lowest BCUT2D eigenvalue weighted by Crippen LogP contribution is -2.03. The maximum atomic E-state index is 13.3. The Labute approximate surface area is 222 Å². The number of rotatable bonds is 9. The summed E-state index contributed by atoms with van der Waals surface area (Å²) in [6.45, 7) is 4.52. The normalized spacial score (nSPS) is 11.8. The van der Waals surface area contributed by atoms with Gasteiger partial charge >= 0.3 is 0 Å². The van der Waals surface area contributed by atoms with E-state index >= 15 is 0 Å². The Morgan fingerprint density at radius 3 is 2.49 bits per heavy atom. The van der Waals surface area contributed by atoms with Crippen LogP contribution in [0.1, 0.15) is 30.9 Å². The minimum atomic E-state index is -4.03. The van der Waals surface area contributed by atoms with Crippen molar-refractivity contribution < 1.29 is 13.2 Å². The Morgan fingerprint density at radius 2 is 1.84 bits per heavy atom. The Hall–Kier alpha value is -3.86. The molecule has 0 unspecified atom stereocenters. The predicted molar refractivity (Wildman–Crippen MR) is 146 cm³/mol. The molecule has 0 aliphatic heterocycles. The van der Waals surface area contributed by atoms with Crippen LogP contribution in [0.4, 0.5) is 0 Å². The standard InChI is InChI=1S/C29H26ClN3O3S/c1-3-4-16-36-28-15-12-22(18-27(28)30)29-23(20-33(32-29)24-8-6-5-7-9-24)17-26(19-31)37(34,35)25-13-10-21(2)11-14-25/h5-15,17-18,20H,3-4,16H2,1-2H3. The number of para-hydroxylation sites is 1. The average molecular weight is 532 g/mol. The van der Waals surface area contributed by atoms with Crippen LogP contribution in [0.3, 0.4) is 0 Å². The monoisotopic (exact) mass is 531 g/mol. The molecule has 0 atom stereocenters. The van der Waals surface area contributed by atoms with Gasteiger partial charge in [0, 0.05) is 17.3 Å². The minimum absolute atomic E-state index is 0.0551. The number of nitrogens with zero attached hydrogens (tertiary/aromatic N) is 3. The summed E-state index contributed by atoms with van der Waals surface area (Å²) in [6.07, 6.45) is 4.98. The van der Waals surface area contributed by atoms with E-state index in [1.165, 1.54) is 18.2 Å². The number of hydrogen-bond donors (Lipinski definition) is 0. The second kappa shape index (κ2) is 11.5. The van der Waals surface area contributed by atoms with Crippen molar-refractivity contribution in [3.05, 3.63) is 100 Å². The van der Waals surface area contributed by atoms with E-state index in [-0.39, 0.29) is 9.80 Å². The third kappa shape index (κ3) is 5.93. The molecule has 0 aliphatic carbocycles. The van der Waals surface area contributed by atoms with Crippen LogP contribution in [0.5, 0.6) is 5.75 Å². The molecule has 0 saturated carbocycles. The number of ether oxygens (including phenoxy) is 1. The molecule has 0 bridgehead atoms. The zero-order valence-corrected chi connectivity index (χ0v) is 22.1. The summed E-state index contributed by atoms with van der Waals surface area (Å²) in [4.78, 5) is -0.324. The van der Waals surface area contributed by atoms with Crippen molar-refractivity contribution in [3.63, 3.8) is 0 Å². The lowest BCUT2D eigenvalue weighted by Gasteiger charge is -2.09. The van der Waals surface area contributed by atoms with Crippen molar-refractivity contribution in [2.75, 3.05) is 6.61 Å². The van der Waals surface area contributed by atoms with Gasteiger partial charge in [0.05, 0.1) is 22.2 Å². The largest absolute Gasteiger partial charge is 0.492 e. The van der Waals surface area contributed by atoms with E-state index in [1.807, 2.05) is 49.4 Å². The summed E-state index contributed by atoms with van der Waals surface area (Å²) in [5, 5.41) is 15.0. The molecule has 1 heterocycles. The molecule has 0 saturated heterocycles. The van der Waals surface area contributed by atoms with E-state index in [2.05, 4.69) is 6.92 Å². The van der Waals surface area contributed by atoms with Gasteiger partial charge in [-0.25, -0.2) is 13.1 Å². The molecule has 0 aliphatic rings. The molecular weight excluding hydrogens is 506 g/mol. The number of unbranched alkanes of at least 4 members (excludes halogenated alkanes) is 1. The molecule has 4 aromatic rings. The molecule has 0 amide bonds. The first-order chi connectivity index (χ1) is 17.8. The fourth-order valence-corrected chi connectivity index (χ4v) is 5.06. The van der Waals surface area contributed by atoms with Crippen molar-refractivity contribution in [2.24, 2.45) is 0 Å². The quantitative estimate of drug-likeness (QED) is 0.171. The fraction of sp³-hybridized carbons (Fsp3) is 0.172. The number of halogens is 1. The summed E-state index contributed by atoms with van der Waals surface area (Å²) in [5.41, 5.74) is 3.32. The first kappa shape index (κ1) is 26.2. The highest BCUT2D eigenvalue weighted by molar-refractivity contribution is 7.95. The lowest BCUT2D eigenvalue weighted by atomic mass is 10.1. The lowest BCUT2D eigenvalue weighted by molar-refractivity contribution is 0.309. The first-order valence-electron chi connectivity index (χ1n) is 11.8. The second-order valence-electron chi connectivity index (χ2n) is 8.50. The number of hydrogen-bond acceptors (Lipinski definition) is 5. The van der Waals surface area contributed by atoms with Gasteiger partial charge in [-0.3, -0.25) is 0 Å². The number of aryl methyl sites for hydroxylation is 1. The highest BCUT2D eigenvalue weighted by Crippen LogP contribution is 2.33. The predicted octanol–water partition coefficient (Wildman–Crippen LogP) is 7.02. The topological polar surface area (TPSA) is 85.0 Å². The number of benzene rings is 3. The highest BCUT2D eigenvalue weighted by Gasteiger charge is 2.22. The molecule has 37 heavy (non-hydrogen) atoms. The van der Waals surface area contributed by atoms with Gasteiger partial charge < -0.3 is 4.74 Å². The zero-order chi connectivity index (χ0) is 26.4. The fourth-order valence-electron chi connectivity index (χ4n) is 3.68. The highest BCUT2D eigenvalue weighted by atomic mass is 35.5. The van der Waals surface area contributed by atoms with E-state index in [9.17, 15) is 13.7 Å². The third-order valence-corrected chi connectivity index (χ3v) is 7.72. The molecule has 8 heteroatoms. The van der Waals surface area contributed by atoms with Crippen LogP contribution in [-0.4, -0.2) is 24.8 Å². The molecule has 188 valence electrons. The van der Waals surface area contributed by atoms with Gasteiger partial charge in [-0.1, -0.05) is 60.8 Å². The van der Waals surface area contributed by atoms with Crippen LogP contribution in [0.25, 0.3) is 23.0 Å². The second-order valence-corrected chi connectivity index (χ2v) is 10.8. The van der Waals surface area contributed by atoms with Crippen LogP contribution in [-0.2, 0) is 9.84 Å². The number of aromatic nitrogens is 2. The summed E-state index contributed by atoms with van der Waals surface area (Å²) >= 11 is 6.51. The van der Waals surface area contributed by atoms with Gasteiger partial charge in [-0.15, -0.1) is 0 Å². The SMILES string of the molecule is CCCCOc1ccc(-c2nn(-c3ccccc3)cc2C=C(C#N)S(=O)(=O)c2ccc(C)cc2)cc1Cl. The number of nitriles is 1. The molecular formula is C29H26ClN3O3S. The van der Waals surface area contributed by atoms with Gasteiger partial charge in [0.1, 0.15) is 22.4 Å². The maximum absolute atomic E-state index is 13.3. The van der Waals surface area contributed by atoms with E-state index in [0.29, 0.717) is 34.2 Å². The third-order valence-electron chi connectivity index (χ3n) is 5.74. The number of allylic oxidation sites excluding steroid dienone is 1. The summed E-state index contributed by atoms with van der Waals surface area (Å²) in [5.74, 6) is 0.568. The van der Waals surface area contributed by atoms with E-state index in [4.69, 9.17) is 21.4 Å². The first-order valence-corrected chi connectivity index (χ1v) is 13.7. The smallest absolute Gasteiger partial charge is 0.216 e. The molecule has 0 fully saturated rings. The minimum Gasteiger partial charge on any atom is -0.492 e. The van der Waals surface area contributed by atoms with Crippen molar-refractivity contribution in [2.45, 2.75) is 31.6 Å². The summed E-state index contributed by atoms with van der Waals surface area (Å²) in [7, 11) is -4.03. The van der Waals surface area contributed by atoms with Gasteiger partial charge in [-0.05, 0) is 61.9 Å². The van der Waals surface area contributed by atoms with Crippen LogP contribution in [0.2, 0.25) is 5.02 Å². The van der Waals surface area contributed by atoms with Crippen molar-refractivity contribution in [1.82, 2.24) is 9.78 Å². The number of sulfone groups is 1. The van der Waals surface area contributed by atoms with Crippen molar-refractivity contribution in [3.8, 4) is 28.8 Å². The molecule has 3 aromatic carbocycles. The van der Waals surface area contributed by atoms with E-state index in [0.717, 1.165) is 24.1 Å². The van der Waals surface area contributed by atoms with Gasteiger partial charge in [-0.2, -0.15) is 10.4 Å². The van der Waals surface area contributed by atoms with Gasteiger partial charge in [0.2, 0.25) is 9.84 Å².